The zero-order valence-electron chi connectivity index (χ0n) is 27.0. The normalized spacial score (nSPS) is 12.4. The van der Waals surface area contributed by atoms with Crippen LogP contribution in [0.5, 0.6) is 0 Å². The maximum atomic E-state index is 6.62. The van der Waals surface area contributed by atoms with Gasteiger partial charge in [0.25, 0.3) is 0 Å². The lowest BCUT2D eigenvalue weighted by atomic mass is 10.0. The second-order valence-electron chi connectivity index (χ2n) is 12.5. The summed E-state index contributed by atoms with van der Waals surface area (Å²) in [6, 6.07) is 52.3. The van der Waals surface area contributed by atoms with E-state index in [0.717, 1.165) is 73.8 Å². The minimum atomic E-state index is 0.554. The molecule has 9 aromatic rings. The predicted octanol–water partition coefficient (Wildman–Crippen LogP) is 10.9. The molecule has 0 atom stereocenters. The van der Waals surface area contributed by atoms with Crippen molar-refractivity contribution >= 4 is 38.9 Å². The molecule has 5 heteroatoms. The molecule has 0 bridgehead atoms. The lowest BCUT2D eigenvalue weighted by Gasteiger charge is -2.16. The Morgan fingerprint density at radius 1 is 0.560 bits per heavy atom. The highest BCUT2D eigenvalue weighted by molar-refractivity contribution is 6.16. The van der Waals surface area contributed by atoms with E-state index in [2.05, 4.69) is 83.4 Å². The fraction of sp³-hybridized carbons (Fsp3) is 0.0444. The number of hydrogen-bond donors (Lipinski definition) is 0. The van der Waals surface area contributed by atoms with E-state index in [1.54, 1.807) is 0 Å². The third-order valence-electron chi connectivity index (χ3n) is 9.57. The fourth-order valence-corrected chi connectivity index (χ4v) is 7.24. The lowest BCUT2D eigenvalue weighted by Crippen LogP contribution is -2.04. The molecule has 5 nitrogen and oxygen atoms in total. The molecule has 0 amide bonds. The average molecular weight is 641 g/mol. The molecule has 0 saturated carbocycles. The number of hydrogen-bond acceptors (Lipinski definition) is 4. The standard InChI is InChI=1S/C45H28N4O/c1-3-13-30(14-4-1)43-46-44(31-15-5-2-6-16-31)48-45(47-43)32-25-23-29(24-26-32)33-17-7-10-20-38(33)49-39-21-11-8-18-34(39)36-27-28-37-35-19-9-12-22-40(35)50-42(37)41(36)49/h1-10,12-20,22-23,25,27-28H,11,21H2. The number of allylic oxidation sites excluding steroid dienone is 1. The van der Waals surface area contributed by atoms with E-state index in [1.807, 2.05) is 78.9 Å². The molecular formula is C45H28N4O. The second kappa shape index (κ2) is 11.4. The van der Waals surface area contributed by atoms with Gasteiger partial charge in [0.1, 0.15) is 5.58 Å². The van der Waals surface area contributed by atoms with Gasteiger partial charge in [-0.05, 0) is 43.2 Å². The molecule has 6 aromatic carbocycles. The zero-order chi connectivity index (χ0) is 33.0. The van der Waals surface area contributed by atoms with Gasteiger partial charge in [-0.25, -0.2) is 15.0 Å². The summed E-state index contributed by atoms with van der Waals surface area (Å²) < 4.78 is 9.04. The molecule has 0 N–H and O–H groups in total. The van der Waals surface area contributed by atoms with Crippen molar-refractivity contribution in [3.05, 3.63) is 163 Å². The maximum Gasteiger partial charge on any atom is 0.172 e. The molecule has 0 aliphatic heterocycles. The Kier molecular flexibility index (Phi) is 6.46. The Labute approximate surface area is 288 Å². The van der Waals surface area contributed by atoms with Gasteiger partial charge in [0.2, 0.25) is 0 Å². The molecule has 3 heterocycles. The van der Waals surface area contributed by atoms with Crippen LogP contribution in [0.4, 0.5) is 0 Å². The Bertz CT molecular complexity index is 2680. The van der Waals surface area contributed by atoms with E-state index < -0.39 is 0 Å². The molecule has 0 saturated heterocycles. The van der Waals surface area contributed by atoms with Crippen molar-refractivity contribution in [3.63, 3.8) is 0 Å². The number of benzene rings is 5. The van der Waals surface area contributed by atoms with Crippen molar-refractivity contribution in [2.75, 3.05) is 0 Å². The summed E-state index contributed by atoms with van der Waals surface area (Å²) in [4.78, 5) is 14.6. The van der Waals surface area contributed by atoms with Gasteiger partial charge in [0.15, 0.2) is 23.1 Å². The Morgan fingerprint density at radius 2 is 1.20 bits per heavy atom. The lowest BCUT2D eigenvalue weighted by molar-refractivity contribution is 0.670. The third kappa shape index (κ3) is 4.54. The van der Waals surface area contributed by atoms with E-state index in [1.165, 1.54) is 16.6 Å². The quantitative estimate of drug-likeness (QED) is 0.188. The number of rotatable bonds is 5. The van der Waals surface area contributed by atoms with Gasteiger partial charge in [-0.15, -0.1) is 0 Å². The van der Waals surface area contributed by atoms with Crippen molar-refractivity contribution in [3.8, 4) is 51.0 Å². The summed E-state index contributed by atoms with van der Waals surface area (Å²) in [6.07, 6.45) is 6.48. The summed E-state index contributed by atoms with van der Waals surface area (Å²) in [5, 5.41) is 3.44. The molecule has 10 rings (SSSR count). The number of furan rings is 1. The van der Waals surface area contributed by atoms with Crippen molar-refractivity contribution in [1.82, 2.24) is 19.5 Å². The van der Waals surface area contributed by atoms with Crippen molar-refractivity contribution < 1.29 is 4.42 Å². The van der Waals surface area contributed by atoms with Crippen LogP contribution >= 0.6 is 0 Å². The molecule has 0 spiro atoms. The first-order valence-electron chi connectivity index (χ1n) is 16.9. The van der Waals surface area contributed by atoms with Gasteiger partial charge in [-0.2, -0.15) is 0 Å². The van der Waals surface area contributed by atoms with Gasteiger partial charge in [0, 0.05) is 49.7 Å². The van der Waals surface area contributed by atoms with E-state index in [4.69, 9.17) is 19.4 Å². The molecule has 0 unspecified atom stereocenters. The summed E-state index contributed by atoms with van der Waals surface area (Å²) in [5.41, 5.74) is 11.1. The van der Waals surface area contributed by atoms with Gasteiger partial charge in [-0.1, -0.05) is 127 Å². The first kappa shape index (κ1) is 28.3. The summed E-state index contributed by atoms with van der Waals surface area (Å²) in [6.45, 7) is 0. The van der Waals surface area contributed by atoms with Crippen LogP contribution in [0.2, 0.25) is 0 Å². The molecule has 0 fully saturated rings. The molecule has 3 aromatic heterocycles. The largest absolute Gasteiger partial charge is 0.454 e. The van der Waals surface area contributed by atoms with Crippen LogP contribution in [0, 0.1) is 12.1 Å². The zero-order valence-corrected chi connectivity index (χ0v) is 27.0. The van der Waals surface area contributed by atoms with E-state index >= 15 is 0 Å². The Hall–Kier alpha value is -6.77. The van der Waals surface area contributed by atoms with Crippen LogP contribution in [-0.4, -0.2) is 19.5 Å². The highest BCUT2D eigenvalue weighted by Gasteiger charge is 2.24. The molecular weight excluding hydrogens is 613 g/mol. The van der Waals surface area contributed by atoms with Crippen molar-refractivity contribution in [1.29, 1.82) is 0 Å². The van der Waals surface area contributed by atoms with Gasteiger partial charge < -0.3 is 8.98 Å². The number of para-hydroxylation sites is 2. The molecule has 50 heavy (non-hydrogen) atoms. The van der Waals surface area contributed by atoms with E-state index in [-0.39, 0.29) is 0 Å². The fourth-order valence-electron chi connectivity index (χ4n) is 7.24. The van der Waals surface area contributed by atoms with Gasteiger partial charge >= 0.3 is 0 Å². The second-order valence-corrected chi connectivity index (χ2v) is 12.5. The smallest absolute Gasteiger partial charge is 0.172 e. The summed E-state index contributed by atoms with van der Waals surface area (Å²) >= 11 is 0. The highest BCUT2D eigenvalue weighted by Crippen LogP contribution is 2.42. The summed E-state index contributed by atoms with van der Waals surface area (Å²) in [7, 11) is 0. The van der Waals surface area contributed by atoms with Crippen molar-refractivity contribution in [2.24, 2.45) is 0 Å². The molecule has 1 aliphatic rings. The van der Waals surface area contributed by atoms with Gasteiger partial charge in [-0.3, -0.25) is 0 Å². The third-order valence-corrected chi connectivity index (χ3v) is 9.57. The monoisotopic (exact) mass is 640 g/mol. The minimum absolute atomic E-state index is 0.554. The van der Waals surface area contributed by atoms with Crippen molar-refractivity contribution in [2.45, 2.75) is 12.8 Å². The van der Waals surface area contributed by atoms with Crippen LogP contribution in [0.15, 0.2) is 144 Å². The van der Waals surface area contributed by atoms with E-state index in [9.17, 15) is 0 Å². The highest BCUT2D eigenvalue weighted by atomic mass is 16.3. The number of aromatic nitrogens is 4. The summed E-state index contributed by atoms with van der Waals surface area (Å²) in [5.74, 6) is 1.79. The molecule has 234 valence electrons. The maximum absolute atomic E-state index is 6.62. The predicted molar refractivity (Wildman–Crippen MR) is 201 cm³/mol. The topological polar surface area (TPSA) is 56.7 Å². The Morgan fingerprint density at radius 3 is 1.96 bits per heavy atom. The van der Waals surface area contributed by atoms with E-state index in [0.29, 0.717) is 17.5 Å². The first-order valence-corrected chi connectivity index (χ1v) is 16.9. The SMILES string of the molecule is c1c(-c2nc(-c3ccccc3)nc(-c3ccccc3)n2)ccc(-c2ccccc2-n2c3c(c4ccc5c6ccccc6oc5c42)C=CCC3)c#1. The first-order chi connectivity index (χ1) is 24.8. The average Bonchev–Trinajstić information content (AvgIpc) is 3.75. The molecule has 1 aliphatic carbocycles. The molecule has 0 radical (unpaired) electrons. The number of nitrogens with zero attached hydrogens (tertiary/aromatic N) is 4. The minimum Gasteiger partial charge on any atom is -0.454 e. The van der Waals surface area contributed by atoms with Crippen LogP contribution in [-0.2, 0) is 6.42 Å². The van der Waals surface area contributed by atoms with Gasteiger partial charge in [0.05, 0.1) is 16.8 Å². The van der Waals surface area contributed by atoms with Crippen LogP contribution in [0.25, 0.3) is 89.9 Å². The number of fused-ring (bicyclic) bond motifs is 7. The van der Waals surface area contributed by atoms with Crippen LogP contribution < -0.4 is 0 Å². The van der Waals surface area contributed by atoms with Crippen LogP contribution in [0.1, 0.15) is 17.7 Å². The Balaban J connectivity index is 1.13. The van der Waals surface area contributed by atoms with Crippen LogP contribution in [0.3, 0.4) is 0 Å².